The molecule has 1 atom stereocenters. The molecule has 18 heavy (non-hydrogen) atoms. The fourth-order valence-electron chi connectivity index (χ4n) is 2.45. The second-order valence-electron chi connectivity index (χ2n) is 4.45. The minimum absolute atomic E-state index is 0.165. The van der Waals surface area contributed by atoms with Crippen LogP contribution in [0.15, 0.2) is 30.7 Å². The number of nitrogens with zero attached hydrogens (tertiary/aromatic N) is 4. The van der Waals surface area contributed by atoms with Gasteiger partial charge < -0.3 is 10.3 Å². The molecule has 90 valence electrons. The molecule has 0 fully saturated rings. The molecule has 1 aliphatic rings. The molecule has 6 heteroatoms. The first kappa shape index (κ1) is 9.78. The second kappa shape index (κ2) is 3.64. The molecule has 0 saturated carbocycles. The van der Waals surface area contributed by atoms with Crippen molar-refractivity contribution in [3.8, 4) is 0 Å². The average Bonchev–Trinajstić information content (AvgIpc) is 3.04. The molecule has 1 unspecified atom stereocenters. The summed E-state index contributed by atoms with van der Waals surface area (Å²) in [6.45, 7) is 0.793. The monoisotopic (exact) mass is 240 g/mol. The average molecular weight is 240 g/mol. The number of fused-ring (bicyclic) bond motifs is 2. The minimum Gasteiger partial charge on any atom is -0.347 e. The first-order chi connectivity index (χ1) is 8.92. The van der Waals surface area contributed by atoms with Crippen LogP contribution in [-0.2, 0) is 13.0 Å². The molecular weight excluding hydrogens is 228 g/mol. The summed E-state index contributed by atoms with van der Waals surface area (Å²) in [5, 5.41) is 11.9. The molecule has 2 N–H and O–H groups in total. The molecule has 1 aliphatic heterocycles. The van der Waals surface area contributed by atoms with Gasteiger partial charge in [-0.3, -0.25) is 4.40 Å². The second-order valence-corrected chi connectivity index (χ2v) is 4.45. The van der Waals surface area contributed by atoms with Gasteiger partial charge in [0.2, 0.25) is 0 Å². The largest absolute Gasteiger partial charge is 0.347 e. The predicted octanol–water partition coefficient (Wildman–Crippen LogP) is 0.839. The summed E-state index contributed by atoms with van der Waals surface area (Å²) >= 11 is 0. The predicted molar refractivity (Wildman–Crippen MR) is 64.9 cm³/mol. The maximum absolute atomic E-state index is 4.34. The van der Waals surface area contributed by atoms with E-state index in [1.54, 1.807) is 6.33 Å². The molecule has 6 nitrogen and oxygen atoms in total. The number of H-pyrrole nitrogens is 1. The topological polar surface area (TPSA) is 70.9 Å². The van der Waals surface area contributed by atoms with E-state index in [4.69, 9.17) is 0 Å². The van der Waals surface area contributed by atoms with E-state index in [0.29, 0.717) is 0 Å². The highest BCUT2D eigenvalue weighted by atomic mass is 15.3. The lowest BCUT2D eigenvalue weighted by molar-refractivity contribution is 0.464. The highest BCUT2D eigenvalue weighted by molar-refractivity contribution is 5.38. The SMILES string of the molecule is c1ccn2c(C3Cc4nc[nH]c4CN3)nnc2c1. The third-order valence-electron chi connectivity index (χ3n) is 3.38. The van der Waals surface area contributed by atoms with E-state index in [1.165, 1.54) is 5.69 Å². The zero-order valence-electron chi connectivity index (χ0n) is 9.67. The van der Waals surface area contributed by atoms with Crippen LogP contribution in [-0.4, -0.2) is 24.6 Å². The number of pyridine rings is 1. The molecule has 0 amide bonds. The third-order valence-corrected chi connectivity index (χ3v) is 3.38. The van der Waals surface area contributed by atoms with E-state index in [2.05, 4.69) is 25.5 Å². The van der Waals surface area contributed by atoms with Crippen LogP contribution in [0.1, 0.15) is 23.3 Å². The number of rotatable bonds is 1. The minimum atomic E-state index is 0.165. The molecule has 4 rings (SSSR count). The Balaban J connectivity index is 1.76. The summed E-state index contributed by atoms with van der Waals surface area (Å²) in [4.78, 5) is 7.49. The molecule has 3 aromatic rings. The van der Waals surface area contributed by atoms with Crippen molar-refractivity contribution in [2.45, 2.75) is 19.0 Å². The lowest BCUT2D eigenvalue weighted by Gasteiger charge is -2.21. The summed E-state index contributed by atoms with van der Waals surface area (Å²) in [7, 11) is 0. The Hall–Kier alpha value is -2.21. The van der Waals surface area contributed by atoms with Crippen LogP contribution in [0.4, 0.5) is 0 Å². The first-order valence-corrected chi connectivity index (χ1v) is 5.96. The molecule has 0 aromatic carbocycles. The number of hydrogen-bond donors (Lipinski definition) is 2. The maximum Gasteiger partial charge on any atom is 0.160 e. The van der Waals surface area contributed by atoms with Gasteiger partial charge in [-0.2, -0.15) is 0 Å². The molecule has 4 heterocycles. The summed E-state index contributed by atoms with van der Waals surface area (Å²) in [5.74, 6) is 0.944. The first-order valence-electron chi connectivity index (χ1n) is 5.96. The molecular formula is C12H12N6. The summed E-state index contributed by atoms with van der Waals surface area (Å²) in [5.41, 5.74) is 3.16. The van der Waals surface area contributed by atoms with Crippen LogP contribution in [0.3, 0.4) is 0 Å². The molecule has 0 bridgehead atoms. The molecule has 3 aromatic heterocycles. The van der Waals surface area contributed by atoms with E-state index in [-0.39, 0.29) is 6.04 Å². The number of nitrogens with one attached hydrogen (secondary N) is 2. The van der Waals surface area contributed by atoms with Gasteiger partial charge in [0.25, 0.3) is 0 Å². The van der Waals surface area contributed by atoms with Crippen molar-refractivity contribution in [3.63, 3.8) is 0 Å². The number of imidazole rings is 1. The van der Waals surface area contributed by atoms with E-state index < -0.39 is 0 Å². The summed E-state index contributed by atoms with van der Waals surface area (Å²) in [6.07, 6.45) is 4.58. The highest BCUT2D eigenvalue weighted by Crippen LogP contribution is 2.22. The fourth-order valence-corrected chi connectivity index (χ4v) is 2.45. The Bertz CT molecular complexity index is 697. The van der Waals surface area contributed by atoms with Crippen LogP contribution in [0, 0.1) is 0 Å². The number of aromatic nitrogens is 5. The summed E-state index contributed by atoms with van der Waals surface area (Å²) in [6, 6.07) is 6.08. The maximum atomic E-state index is 4.34. The van der Waals surface area contributed by atoms with Crippen LogP contribution in [0.25, 0.3) is 5.65 Å². The van der Waals surface area contributed by atoms with E-state index in [0.717, 1.165) is 30.1 Å². The fraction of sp³-hybridized carbons (Fsp3) is 0.250. The van der Waals surface area contributed by atoms with E-state index >= 15 is 0 Å². The van der Waals surface area contributed by atoms with Crippen LogP contribution in [0.2, 0.25) is 0 Å². The zero-order chi connectivity index (χ0) is 11.9. The van der Waals surface area contributed by atoms with Crippen molar-refractivity contribution < 1.29 is 0 Å². The Morgan fingerprint density at radius 1 is 1.28 bits per heavy atom. The van der Waals surface area contributed by atoms with Crippen LogP contribution >= 0.6 is 0 Å². The van der Waals surface area contributed by atoms with Gasteiger partial charge in [-0.25, -0.2) is 4.98 Å². The zero-order valence-corrected chi connectivity index (χ0v) is 9.67. The van der Waals surface area contributed by atoms with Gasteiger partial charge in [0.15, 0.2) is 11.5 Å². The van der Waals surface area contributed by atoms with Crippen molar-refractivity contribution >= 4 is 5.65 Å². The van der Waals surface area contributed by atoms with Crippen molar-refractivity contribution in [2.75, 3.05) is 0 Å². The van der Waals surface area contributed by atoms with E-state index in [9.17, 15) is 0 Å². The molecule has 0 spiro atoms. The van der Waals surface area contributed by atoms with Crippen molar-refractivity contribution in [2.24, 2.45) is 0 Å². The van der Waals surface area contributed by atoms with Gasteiger partial charge in [-0.1, -0.05) is 6.07 Å². The molecule has 0 radical (unpaired) electrons. The van der Waals surface area contributed by atoms with Crippen molar-refractivity contribution in [1.82, 2.24) is 29.9 Å². The Labute approximate surface area is 103 Å². The van der Waals surface area contributed by atoms with Gasteiger partial charge in [-0.05, 0) is 12.1 Å². The number of hydrogen-bond acceptors (Lipinski definition) is 4. The summed E-state index contributed by atoms with van der Waals surface area (Å²) < 4.78 is 2.02. The molecule has 0 aliphatic carbocycles. The quantitative estimate of drug-likeness (QED) is 0.661. The third kappa shape index (κ3) is 1.36. The number of aromatic amines is 1. The van der Waals surface area contributed by atoms with Gasteiger partial charge in [-0.15, -0.1) is 10.2 Å². The lowest BCUT2D eigenvalue weighted by atomic mass is 10.1. The standard InChI is InChI=1S/C12H12N6/c1-2-4-18-11(3-1)16-17-12(18)9-5-8-10(6-13-9)15-7-14-8/h1-4,7,9,13H,5-6H2,(H,14,15). The normalized spacial score (nSPS) is 19.0. The van der Waals surface area contributed by atoms with E-state index in [1.807, 2.05) is 28.8 Å². The van der Waals surface area contributed by atoms with Gasteiger partial charge in [0, 0.05) is 19.2 Å². The van der Waals surface area contributed by atoms with Gasteiger partial charge in [0.05, 0.1) is 23.8 Å². The molecule has 0 saturated heterocycles. The Morgan fingerprint density at radius 3 is 3.28 bits per heavy atom. The Kier molecular flexibility index (Phi) is 1.98. The lowest BCUT2D eigenvalue weighted by Crippen LogP contribution is -2.30. The van der Waals surface area contributed by atoms with Crippen molar-refractivity contribution in [3.05, 3.63) is 47.9 Å². The van der Waals surface area contributed by atoms with Gasteiger partial charge >= 0.3 is 0 Å². The smallest absolute Gasteiger partial charge is 0.160 e. The van der Waals surface area contributed by atoms with Gasteiger partial charge in [0.1, 0.15) is 0 Å². The van der Waals surface area contributed by atoms with Crippen LogP contribution in [0.5, 0.6) is 0 Å². The van der Waals surface area contributed by atoms with Crippen molar-refractivity contribution in [1.29, 1.82) is 0 Å². The Morgan fingerprint density at radius 2 is 2.28 bits per heavy atom. The van der Waals surface area contributed by atoms with Crippen LogP contribution < -0.4 is 5.32 Å². The highest BCUT2D eigenvalue weighted by Gasteiger charge is 2.24.